The molecule has 6 nitrogen and oxygen atoms in total. The van der Waals surface area contributed by atoms with Gasteiger partial charge in [0.05, 0.1) is 0 Å². The number of nitrogens with two attached hydrogens (primary N) is 1. The molecule has 0 saturated heterocycles. The Morgan fingerprint density at radius 1 is 1.20 bits per heavy atom. The molecule has 0 aromatic heterocycles. The average Bonchev–Trinajstić information content (AvgIpc) is 2.35. The van der Waals surface area contributed by atoms with Gasteiger partial charge in [-0.1, -0.05) is 0 Å². The Morgan fingerprint density at radius 3 is 2.30 bits per heavy atom. The molecule has 1 aromatic rings. The Balaban J connectivity index is 2.47. The molecule has 0 bridgehead atoms. The monoisotopic (exact) mass is 292 g/mol. The van der Waals surface area contributed by atoms with Crippen LogP contribution in [0.2, 0.25) is 0 Å². The zero-order valence-electron chi connectivity index (χ0n) is 10.1. The molecular weight excluding hydrogens is 281 g/mol. The smallest absolute Gasteiger partial charge is 0.414 e. The maximum absolute atomic E-state index is 11.8. The third-order valence-corrected chi connectivity index (χ3v) is 1.90. The van der Waals surface area contributed by atoms with Crippen molar-refractivity contribution in [2.75, 3.05) is 13.2 Å². The van der Waals surface area contributed by atoms with Crippen molar-refractivity contribution in [3.8, 4) is 5.75 Å². The van der Waals surface area contributed by atoms with Crippen LogP contribution in [-0.2, 0) is 9.63 Å². The lowest BCUT2D eigenvalue weighted by Crippen LogP contribution is -2.29. The molecule has 9 heteroatoms. The van der Waals surface area contributed by atoms with E-state index in [4.69, 9.17) is 10.5 Å². The number of primary amides is 1. The molecule has 110 valence electrons. The highest BCUT2D eigenvalue weighted by Gasteiger charge is 2.28. The van der Waals surface area contributed by atoms with E-state index in [-0.39, 0.29) is 17.9 Å². The lowest BCUT2D eigenvalue weighted by molar-refractivity contribution is -0.184. The minimum absolute atomic E-state index is 0.0681. The number of benzene rings is 1. The molecule has 3 N–H and O–H groups in total. The van der Waals surface area contributed by atoms with E-state index in [1.165, 1.54) is 24.3 Å². The summed E-state index contributed by atoms with van der Waals surface area (Å²) >= 11 is 0. The summed E-state index contributed by atoms with van der Waals surface area (Å²) in [5, 5.41) is 0. The van der Waals surface area contributed by atoms with Crippen LogP contribution in [0.15, 0.2) is 24.3 Å². The number of rotatable bonds is 6. The van der Waals surface area contributed by atoms with E-state index in [0.29, 0.717) is 0 Å². The van der Waals surface area contributed by atoms with Crippen molar-refractivity contribution in [3.63, 3.8) is 0 Å². The van der Waals surface area contributed by atoms with E-state index in [1.54, 1.807) is 5.48 Å². The molecule has 0 aliphatic heterocycles. The number of ether oxygens (including phenoxy) is 1. The number of carbonyl (C=O) groups is 2. The van der Waals surface area contributed by atoms with Crippen LogP contribution in [0.1, 0.15) is 10.4 Å². The fourth-order valence-corrected chi connectivity index (χ4v) is 1.10. The number of carbonyl (C=O) groups excluding carboxylic acids is 2. The van der Waals surface area contributed by atoms with Crippen molar-refractivity contribution in [2.45, 2.75) is 6.18 Å². The highest BCUT2D eigenvalue weighted by molar-refractivity contribution is 5.93. The second-order valence-electron chi connectivity index (χ2n) is 3.61. The Morgan fingerprint density at radius 2 is 1.80 bits per heavy atom. The molecule has 2 amide bonds. The normalized spacial score (nSPS) is 10.9. The van der Waals surface area contributed by atoms with Crippen molar-refractivity contribution < 1.29 is 32.3 Å². The van der Waals surface area contributed by atoms with Crippen LogP contribution in [-0.4, -0.2) is 31.2 Å². The third-order valence-electron chi connectivity index (χ3n) is 1.90. The molecule has 0 aliphatic rings. The molecule has 20 heavy (non-hydrogen) atoms. The van der Waals surface area contributed by atoms with Crippen molar-refractivity contribution in [1.82, 2.24) is 5.48 Å². The van der Waals surface area contributed by atoms with Gasteiger partial charge in [0.1, 0.15) is 5.75 Å². The first kappa shape index (κ1) is 15.8. The molecule has 0 atom stereocenters. The predicted molar refractivity (Wildman–Crippen MR) is 60.6 cm³/mol. The maximum atomic E-state index is 11.8. The lowest BCUT2D eigenvalue weighted by Gasteiger charge is -2.09. The third kappa shape index (κ3) is 6.05. The van der Waals surface area contributed by atoms with Crippen LogP contribution in [0.25, 0.3) is 0 Å². The van der Waals surface area contributed by atoms with E-state index >= 15 is 0 Å². The van der Waals surface area contributed by atoms with Crippen LogP contribution in [0.5, 0.6) is 5.75 Å². The van der Waals surface area contributed by atoms with Gasteiger partial charge in [0.25, 0.3) is 11.8 Å². The number of amides is 2. The highest BCUT2D eigenvalue weighted by atomic mass is 19.4. The van der Waals surface area contributed by atoms with E-state index in [1.807, 2.05) is 0 Å². The summed E-state index contributed by atoms with van der Waals surface area (Å²) in [6.45, 7) is -1.90. The van der Waals surface area contributed by atoms with E-state index in [2.05, 4.69) is 4.84 Å². The van der Waals surface area contributed by atoms with Gasteiger partial charge in [-0.25, -0.2) is 5.48 Å². The molecule has 0 spiro atoms. The fourth-order valence-electron chi connectivity index (χ4n) is 1.10. The van der Waals surface area contributed by atoms with Crippen molar-refractivity contribution in [3.05, 3.63) is 29.8 Å². The van der Waals surface area contributed by atoms with Crippen LogP contribution in [0, 0.1) is 0 Å². The molecule has 0 radical (unpaired) electrons. The van der Waals surface area contributed by atoms with Crippen molar-refractivity contribution in [1.29, 1.82) is 0 Å². The number of halogens is 3. The van der Waals surface area contributed by atoms with E-state index in [9.17, 15) is 22.8 Å². The SMILES string of the molecule is NC(=O)COc1ccc(C(=O)NOCC(F)(F)F)cc1. The standard InChI is InChI=1S/C11H11F3N2O4/c12-11(13,14)6-20-16-10(18)7-1-3-8(4-2-7)19-5-9(15)17/h1-4H,5-6H2,(H2,15,17)(H,16,18). The Hall–Kier alpha value is -2.29. The quantitative estimate of drug-likeness (QED) is 0.758. The molecule has 0 fully saturated rings. The summed E-state index contributed by atoms with van der Waals surface area (Å²) < 4.78 is 40.3. The van der Waals surface area contributed by atoms with Gasteiger partial charge in [0.2, 0.25) is 0 Å². The van der Waals surface area contributed by atoms with Crippen molar-refractivity contribution >= 4 is 11.8 Å². The first-order valence-electron chi connectivity index (χ1n) is 5.28. The second-order valence-corrected chi connectivity index (χ2v) is 3.61. The minimum atomic E-state index is -4.53. The van der Waals surface area contributed by atoms with Gasteiger partial charge in [-0.15, -0.1) is 0 Å². The minimum Gasteiger partial charge on any atom is -0.484 e. The Kier molecular flexibility index (Phi) is 5.32. The molecule has 1 aromatic carbocycles. The molecule has 1 rings (SSSR count). The van der Waals surface area contributed by atoms with Crippen LogP contribution in [0.4, 0.5) is 13.2 Å². The topological polar surface area (TPSA) is 90.7 Å². The van der Waals surface area contributed by atoms with Gasteiger partial charge in [-0.05, 0) is 24.3 Å². The molecule has 0 aliphatic carbocycles. The van der Waals surface area contributed by atoms with E-state index in [0.717, 1.165) is 0 Å². The van der Waals surface area contributed by atoms with Crippen LogP contribution >= 0.6 is 0 Å². The summed E-state index contributed by atoms with van der Waals surface area (Å²) in [6.07, 6.45) is -4.53. The summed E-state index contributed by atoms with van der Waals surface area (Å²) in [7, 11) is 0. The van der Waals surface area contributed by atoms with Crippen molar-refractivity contribution in [2.24, 2.45) is 5.73 Å². The summed E-state index contributed by atoms with van der Waals surface area (Å²) in [5.74, 6) is -1.21. The van der Waals surface area contributed by atoms with Gasteiger partial charge in [-0.2, -0.15) is 13.2 Å². The zero-order chi connectivity index (χ0) is 15.2. The number of hydrogen-bond acceptors (Lipinski definition) is 4. The molecule has 0 saturated carbocycles. The van der Waals surface area contributed by atoms with Gasteiger partial charge in [0, 0.05) is 5.56 Å². The van der Waals surface area contributed by atoms with Gasteiger partial charge < -0.3 is 10.5 Å². The number of alkyl halides is 3. The van der Waals surface area contributed by atoms with Gasteiger partial charge in [-0.3, -0.25) is 14.4 Å². The largest absolute Gasteiger partial charge is 0.484 e. The van der Waals surface area contributed by atoms with Crippen LogP contribution < -0.4 is 16.0 Å². The zero-order valence-corrected chi connectivity index (χ0v) is 10.1. The highest BCUT2D eigenvalue weighted by Crippen LogP contribution is 2.14. The van der Waals surface area contributed by atoms with Gasteiger partial charge in [0.15, 0.2) is 13.2 Å². The molecule has 0 heterocycles. The predicted octanol–water partition coefficient (Wildman–Crippen LogP) is 0.774. The maximum Gasteiger partial charge on any atom is 0.414 e. The first-order valence-corrected chi connectivity index (χ1v) is 5.28. The molecule has 0 unspecified atom stereocenters. The number of hydroxylamine groups is 1. The average molecular weight is 292 g/mol. The molecular formula is C11H11F3N2O4. The number of nitrogens with one attached hydrogen (secondary N) is 1. The Labute approximate surface area is 111 Å². The summed E-state index contributed by atoms with van der Waals surface area (Å²) in [5.41, 5.74) is 6.59. The van der Waals surface area contributed by atoms with E-state index < -0.39 is 24.6 Å². The summed E-state index contributed by atoms with van der Waals surface area (Å²) in [4.78, 5) is 25.9. The summed E-state index contributed by atoms with van der Waals surface area (Å²) in [6, 6.07) is 5.31. The van der Waals surface area contributed by atoms with Gasteiger partial charge >= 0.3 is 6.18 Å². The van der Waals surface area contributed by atoms with Crippen LogP contribution in [0.3, 0.4) is 0 Å². The first-order chi connectivity index (χ1) is 9.28. The lowest BCUT2D eigenvalue weighted by atomic mass is 10.2. The number of hydrogen-bond donors (Lipinski definition) is 2. The fraction of sp³-hybridized carbons (Fsp3) is 0.273. The second kappa shape index (κ2) is 6.75. The Bertz CT molecular complexity index is 474.